The lowest BCUT2D eigenvalue weighted by Crippen LogP contribution is -2.39. The number of hydrogen-bond acceptors (Lipinski definition) is 3. The van der Waals surface area contributed by atoms with Crippen molar-refractivity contribution in [2.45, 2.75) is 44.2 Å². The molecule has 25 heavy (non-hydrogen) atoms. The summed E-state index contributed by atoms with van der Waals surface area (Å²) in [5, 5.41) is 0. The zero-order valence-corrected chi connectivity index (χ0v) is 15.8. The first kappa shape index (κ1) is 18.0. The Hall–Kier alpha value is -1.85. The van der Waals surface area contributed by atoms with Gasteiger partial charge in [0.15, 0.2) is 0 Å². The Morgan fingerprint density at radius 2 is 1.84 bits per heavy atom. The van der Waals surface area contributed by atoms with Crippen LogP contribution in [-0.2, 0) is 16.6 Å². The normalized spacial score (nSPS) is 16.0. The number of nitrogens with zero attached hydrogens (tertiary/aromatic N) is 1. The molecule has 0 amide bonds. The molecule has 0 aliphatic heterocycles. The summed E-state index contributed by atoms with van der Waals surface area (Å²) in [4.78, 5) is 0.249. The molecule has 5 heteroatoms. The molecule has 0 N–H and O–H groups in total. The highest BCUT2D eigenvalue weighted by molar-refractivity contribution is 7.89. The van der Waals surface area contributed by atoms with E-state index in [-0.39, 0.29) is 10.9 Å². The summed E-state index contributed by atoms with van der Waals surface area (Å²) in [6.07, 6.45) is 2.18. The predicted octanol–water partition coefficient (Wildman–Crippen LogP) is 3.99. The van der Waals surface area contributed by atoms with Gasteiger partial charge in [0.25, 0.3) is 0 Å². The van der Waals surface area contributed by atoms with Gasteiger partial charge in [-0.25, -0.2) is 8.42 Å². The summed E-state index contributed by atoms with van der Waals surface area (Å²) in [5.41, 5.74) is 1.89. The first-order valence-corrected chi connectivity index (χ1v) is 10.1. The molecular weight excluding hydrogens is 334 g/mol. The van der Waals surface area contributed by atoms with Crippen LogP contribution in [0.4, 0.5) is 0 Å². The molecule has 0 unspecified atom stereocenters. The zero-order valence-electron chi connectivity index (χ0n) is 15.0. The molecule has 0 aromatic heterocycles. The molecule has 1 aliphatic rings. The van der Waals surface area contributed by atoms with E-state index in [4.69, 9.17) is 4.74 Å². The van der Waals surface area contributed by atoms with Crippen LogP contribution in [-0.4, -0.2) is 25.9 Å². The van der Waals surface area contributed by atoms with Crippen molar-refractivity contribution in [3.63, 3.8) is 0 Å². The number of sulfonamides is 1. The topological polar surface area (TPSA) is 46.6 Å². The third kappa shape index (κ3) is 3.88. The second-order valence-electron chi connectivity index (χ2n) is 6.77. The van der Waals surface area contributed by atoms with E-state index in [1.54, 1.807) is 16.4 Å². The van der Waals surface area contributed by atoms with E-state index in [9.17, 15) is 8.42 Å². The summed E-state index contributed by atoms with van der Waals surface area (Å²) in [6, 6.07) is 15.0. The fourth-order valence-corrected chi connectivity index (χ4v) is 5.06. The maximum absolute atomic E-state index is 13.5. The zero-order chi connectivity index (χ0) is 18.0. The lowest BCUT2D eigenvalue weighted by atomic mass is 10.2. The van der Waals surface area contributed by atoms with Gasteiger partial charge >= 0.3 is 0 Å². The quantitative estimate of drug-likeness (QED) is 0.751. The molecule has 134 valence electrons. The van der Waals surface area contributed by atoms with Gasteiger partial charge in [-0.1, -0.05) is 36.4 Å². The molecule has 0 heterocycles. The largest absolute Gasteiger partial charge is 0.495 e. The van der Waals surface area contributed by atoms with Crippen molar-refractivity contribution in [2.75, 3.05) is 7.11 Å². The van der Waals surface area contributed by atoms with Gasteiger partial charge in [0.1, 0.15) is 10.6 Å². The first-order chi connectivity index (χ1) is 11.9. The Balaban J connectivity index is 2.03. The average Bonchev–Trinajstić information content (AvgIpc) is 3.45. The number of hydrogen-bond donors (Lipinski definition) is 0. The molecule has 1 saturated carbocycles. The number of ether oxygens (including phenoxy) is 1. The van der Waals surface area contributed by atoms with Crippen molar-refractivity contribution in [1.29, 1.82) is 0 Å². The summed E-state index contributed by atoms with van der Waals surface area (Å²) < 4.78 is 33.9. The van der Waals surface area contributed by atoms with Crippen molar-refractivity contribution in [2.24, 2.45) is 5.92 Å². The fourth-order valence-electron chi connectivity index (χ4n) is 3.14. The van der Waals surface area contributed by atoms with Gasteiger partial charge in [-0.3, -0.25) is 0 Å². The van der Waals surface area contributed by atoms with Gasteiger partial charge in [0.05, 0.1) is 7.11 Å². The molecule has 0 bridgehead atoms. The SMILES string of the molecule is COc1ccc(C)cc1S(=O)(=O)N(Cc1ccccc1)[C@H](C)C1CC1. The van der Waals surface area contributed by atoms with Crippen LogP contribution in [0.1, 0.15) is 30.9 Å². The molecule has 0 saturated heterocycles. The van der Waals surface area contributed by atoms with Gasteiger partial charge in [-0.05, 0) is 55.9 Å². The van der Waals surface area contributed by atoms with Crippen LogP contribution < -0.4 is 4.74 Å². The van der Waals surface area contributed by atoms with Gasteiger partial charge < -0.3 is 4.74 Å². The monoisotopic (exact) mass is 359 g/mol. The maximum atomic E-state index is 13.5. The molecule has 1 fully saturated rings. The van der Waals surface area contributed by atoms with Crippen LogP contribution in [0.15, 0.2) is 53.4 Å². The maximum Gasteiger partial charge on any atom is 0.247 e. The highest BCUT2D eigenvalue weighted by atomic mass is 32.2. The van der Waals surface area contributed by atoms with Crippen LogP contribution in [0, 0.1) is 12.8 Å². The minimum atomic E-state index is -3.66. The second kappa shape index (κ2) is 7.18. The van der Waals surface area contributed by atoms with Crippen LogP contribution in [0.2, 0.25) is 0 Å². The molecular formula is C20H25NO3S. The summed E-state index contributed by atoms with van der Waals surface area (Å²) in [5.74, 6) is 0.834. The Labute approximate surface area is 150 Å². The Kier molecular flexibility index (Phi) is 5.16. The minimum absolute atomic E-state index is 0.0320. The van der Waals surface area contributed by atoms with Crippen LogP contribution >= 0.6 is 0 Å². The van der Waals surface area contributed by atoms with Crippen molar-refractivity contribution < 1.29 is 13.2 Å². The van der Waals surface area contributed by atoms with Crippen molar-refractivity contribution in [3.8, 4) is 5.75 Å². The molecule has 0 spiro atoms. The Morgan fingerprint density at radius 3 is 2.44 bits per heavy atom. The molecule has 3 rings (SSSR count). The number of benzene rings is 2. The fraction of sp³-hybridized carbons (Fsp3) is 0.400. The van der Waals surface area contributed by atoms with Crippen molar-refractivity contribution in [1.82, 2.24) is 4.31 Å². The molecule has 4 nitrogen and oxygen atoms in total. The van der Waals surface area contributed by atoms with Crippen LogP contribution in [0.5, 0.6) is 5.75 Å². The molecule has 0 radical (unpaired) electrons. The van der Waals surface area contributed by atoms with Gasteiger partial charge in [-0.2, -0.15) is 4.31 Å². The van der Waals surface area contributed by atoms with Crippen molar-refractivity contribution >= 4 is 10.0 Å². The highest BCUT2D eigenvalue weighted by Gasteiger charge is 2.39. The van der Waals surface area contributed by atoms with E-state index in [1.165, 1.54) is 7.11 Å². The van der Waals surface area contributed by atoms with Gasteiger partial charge in [0.2, 0.25) is 10.0 Å². The lowest BCUT2D eigenvalue weighted by molar-refractivity contribution is 0.301. The lowest BCUT2D eigenvalue weighted by Gasteiger charge is -2.29. The molecule has 2 aromatic carbocycles. The van der Waals surface area contributed by atoms with E-state index in [1.807, 2.05) is 50.2 Å². The van der Waals surface area contributed by atoms with E-state index in [0.29, 0.717) is 18.2 Å². The van der Waals surface area contributed by atoms with E-state index in [2.05, 4.69) is 0 Å². The molecule has 1 atom stereocenters. The van der Waals surface area contributed by atoms with Crippen LogP contribution in [0.25, 0.3) is 0 Å². The van der Waals surface area contributed by atoms with E-state index < -0.39 is 10.0 Å². The summed E-state index contributed by atoms with van der Waals surface area (Å²) in [7, 11) is -2.15. The summed E-state index contributed by atoms with van der Waals surface area (Å²) >= 11 is 0. The average molecular weight is 359 g/mol. The van der Waals surface area contributed by atoms with E-state index in [0.717, 1.165) is 24.0 Å². The standard InChI is InChI=1S/C20H25NO3S/c1-15-9-12-19(24-3)20(13-15)25(22,23)21(16(2)18-10-11-18)14-17-7-5-4-6-8-17/h4-9,12-13,16,18H,10-11,14H2,1-3H3/t16-/m1/s1. The third-order valence-electron chi connectivity index (χ3n) is 4.85. The molecule has 2 aromatic rings. The second-order valence-corrected chi connectivity index (χ2v) is 8.63. The summed E-state index contributed by atoms with van der Waals surface area (Å²) in [6.45, 7) is 4.28. The van der Waals surface area contributed by atoms with E-state index >= 15 is 0 Å². The third-order valence-corrected chi connectivity index (χ3v) is 6.80. The number of aryl methyl sites for hydroxylation is 1. The molecule has 1 aliphatic carbocycles. The van der Waals surface area contributed by atoms with Gasteiger partial charge in [-0.15, -0.1) is 0 Å². The van der Waals surface area contributed by atoms with Crippen LogP contribution in [0.3, 0.4) is 0 Å². The van der Waals surface area contributed by atoms with Gasteiger partial charge in [0, 0.05) is 12.6 Å². The first-order valence-electron chi connectivity index (χ1n) is 8.64. The van der Waals surface area contributed by atoms with Crippen molar-refractivity contribution in [3.05, 3.63) is 59.7 Å². The Bertz CT molecular complexity index is 829. The predicted molar refractivity (Wildman–Crippen MR) is 99.1 cm³/mol. The number of methoxy groups -OCH3 is 1. The Morgan fingerprint density at radius 1 is 1.16 bits per heavy atom. The minimum Gasteiger partial charge on any atom is -0.495 e. The number of rotatable bonds is 7. The smallest absolute Gasteiger partial charge is 0.247 e. The highest BCUT2D eigenvalue weighted by Crippen LogP contribution is 2.39.